The lowest BCUT2D eigenvalue weighted by molar-refractivity contribution is 0.262. The van der Waals surface area contributed by atoms with Crippen molar-refractivity contribution in [2.75, 3.05) is 10.6 Å². The number of rotatable bonds is 3. The van der Waals surface area contributed by atoms with Gasteiger partial charge in [0.05, 0.1) is 17.4 Å². The number of urea groups is 1. The number of benzene rings is 1. The van der Waals surface area contributed by atoms with Crippen LogP contribution in [-0.4, -0.2) is 22.1 Å². The van der Waals surface area contributed by atoms with Gasteiger partial charge < -0.3 is 11.1 Å². The van der Waals surface area contributed by atoms with Gasteiger partial charge in [0.15, 0.2) is 0 Å². The molecule has 1 heterocycles. The number of hydrogen-bond donors (Lipinski definition) is 5. The van der Waals surface area contributed by atoms with E-state index in [1.165, 1.54) is 6.20 Å². The SMILES string of the molecule is N=C(N)c1cn[nH]c1NC(=O)Nc1ccc(F)cc1F. The third-order valence-electron chi connectivity index (χ3n) is 2.35. The molecule has 2 amide bonds. The fourth-order valence-corrected chi connectivity index (χ4v) is 1.44. The monoisotopic (exact) mass is 280 g/mol. The first kappa shape index (κ1) is 13.5. The number of carbonyl (C=O) groups is 1. The minimum absolute atomic E-state index is 0.0949. The minimum Gasteiger partial charge on any atom is -0.384 e. The largest absolute Gasteiger partial charge is 0.384 e. The van der Waals surface area contributed by atoms with Crippen LogP contribution < -0.4 is 16.4 Å². The van der Waals surface area contributed by atoms with Gasteiger partial charge in [0.1, 0.15) is 23.3 Å². The van der Waals surface area contributed by atoms with Crippen molar-refractivity contribution in [3.63, 3.8) is 0 Å². The van der Waals surface area contributed by atoms with Crippen LogP contribution in [0.3, 0.4) is 0 Å². The molecule has 7 nitrogen and oxygen atoms in total. The van der Waals surface area contributed by atoms with Crippen molar-refractivity contribution in [1.82, 2.24) is 10.2 Å². The number of aromatic nitrogens is 2. The van der Waals surface area contributed by atoms with E-state index >= 15 is 0 Å². The van der Waals surface area contributed by atoms with Gasteiger partial charge in [-0.15, -0.1) is 0 Å². The summed E-state index contributed by atoms with van der Waals surface area (Å²) in [5.41, 5.74) is 5.28. The van der Waals surface area contributed by atoms with Gasteiger partial charge >= 0.3 is 6.03 Å². The van der Waals surface area contributed by atoms with Crippen LogP contribution in [0.25, 0.3) is 0 Å². The molecule has 0 saturated carbocycles. The summed E-state index contributed by atoms with van der Waals surface area (Å²) < 4.78 is 26.1. The van der Waals surface area contributed by atoms with E-state index in [9.17, 15) is 13.6 Å². The first-order valence-electron chi connectivity index (χ1n) is 5.38. The van der Waals surface area contributed by atoms with Crippen LogP contribution in [0, 0.1) is 17.0 Å². The molecule has 0 bridgehead atoms. The number of carbonyl (C=O) groups excluding carboxylic acids is 1. The zero-order valence-electron chi connectivity index (χ0n) is 10.00. The van der Waals surface area contributed by atoms with Gasteiger partial charge in [0, 0.05) is 6.07 Å². The van der Waals surface area contributed by atoms with Crippen LogP contribution in [0.15, 0.2) is 24.4 Å². The molecular formula is C11H10F2N6O. The molecular weight excluding hydrogens is 270 g/mol. The van der Waals surface area contributed by atoms with Crippen molar-refractivity contribution in [3.05, 3.63) is 41.6 Å². The number of H-pyrrole nitrogens is 1. The van der Waals surface area contributed by atoms with Gasteiger partial charge in [0.25, 0.3) is 0 Å². The number of nitrogens with two attached hydrogens (primary N) is 1. The molecule has 20 heavy (non-hydrogen) atoms. The fraction of sp³-hybridized carbons (Fsp3) is 0. The molecule has 9 heteroatoms. The molecule has 1 aromatic carbocycles. The van der Waals surface area contributed by atoms with Crippen molar-refractivity contribution in [2.24, 2.45) is 5.73 Å². The standard InChI is InChI=1S/C11H10F2N6O/c12-5-1-2-8(7(13)3-5)17-11(20)18-10-6(9(14)15)4-16-19-10/h1-4H,(H3,14,15)(H3,16,17,18,19,20). The third-order valence-corrected chi connectivity index (χ3v) is 2.35. The highest BCUT2D eigenvalue weighted by molar-refractivity contribution is 6.05. The van der Waals surface area contributed by atoms with E-state index in [-0.39, 0.29) is 22.9 Å². The molecule has 0 aliphatic heterocycles. The topological polar surface area (TPSA) is 120 Å². The van der Waals surface area contributed by atoms with Gasteiger partial charge in [-0.05, 0) is 12.1 Å². The van der Waals surface area contributed by atoms with E-state index in [0.717, 1.165) is 12.1 Å². The van der Waals surface area contributed by atoms with E-state index in [1.807, 2.05) is 0 Å². The van der Waals surface area contributed by atoms with E-state index in [2.05, 4.69) is 20.8 Å². The van der Waals surface area contributed by atoms with Crippen molar-refractivity contribution in [3.8, 4) is 0 Å². The van der Waals surface area contributed by atoms with E-state index in [1.54, 1.807) is 0 Å². The van der Waals surface area contributed by atoms with Gasteiger partial charge in [-0.3, -0.25) is 15.8 Å². The number of nitrogens with one attached hydrogen (secondary N) is 4. The number of nitrogens with zero attached hydrogens (tertiary/aromatic N) is 1. The van der Waals surface area contributed by atoms with Gasteiger partial charge in [-0.25, -0.2) is 13.6 Å². The molecule has 0 radical (unpaired) electrons. The molecule has 0 aliphatic rings. The summed E-state index contributed by atoms with van der Waals surface area (Å²) in [5.74, 6) is -1.85. The molecule has 104 valence electrons. The molecule has 0 fully saturated rings. The van der Waals surface area contributed by atoms with E-state index in [4.69, 9.17) is 11.1 Å². The molecule has 0 saturated heterocycles. The molecule has 0 unspecified atom stereocenters. The number of anilines is 2. The van der Waals surface area contributed by atoms with Crippen LogP contribution in [0.5, 0.6) is 0 Å². The highest BCUT2D eigenvalue weighted by Crippen LogP contribution is 2.16. The second kappa shape index (κ2) is 5.34. The van der Waals surface area contributed by atoms with Crippen molar-refractivity contribution >= 4 is 23.4 Å². The Bertz CT molecular complexity index is 669. The molecule has 0 atom stereocenters. The Morgan fingerprint density at radius 2 is 2.10 bits per heavy atom. The minimum atomic E-state index is -0.906. The summed E-state index contributed by atoms with van der Waals surface area (Å²) in [7, 11) is 0. The summed E-state index contributed by atoms with van der Waals surface area (Å²) in [6.45, 7) is 0. The summed E-state index contributed by atoms with van der Waals surface area (Å²) in [5, 5.41) is 17.8. The van der Waals surface area contributed by atoms with Crippen molar-refractivity contribution < 1.29 is 13.6 Å². The summed E-state index contributed by atoms with van der Waals surface area (Å²) in [4.78, 5) is 11.7. The second-order valence-corrected chi connectivity index (χ2v) is 3.78. The highest BCUT2D eigenvalue weighted by Gasteiger charge is 2.12. The van der Waals surface area contributed by atoms with Gasteiger partial charge in [-0.1, -0.05) is 0 Å². The lowest BCUT2D eigenvalue weighted by Crippen LogP contribution is -2.22. The Morgan fingerprint density at radius 3 is 2.75 bits per heavy atom. The van der Waals surface area contributed by atoms with Crippen LogP contribution >= 0.6 is 0 Å². The number of aromatic amines is 1. The quantitative estimate of drug-likeness (QED) is 0.434. The lowest BCUT2D eigenvalue weighted by Gasteiger charge is -2.08. The Kier molecular flexibility index (Phi) is 3.60. The molecule has 2 rings (SSSR count). The molecule has 0 aliphatic carbocycles. The smallest absolute Gasteiger partial charge is 0.324 e. The van der Waals surface area contributed by atoms with Gasteiger partial charge in [-0.2, -0.15) is 5.10 Å². The summed E-state index contributed by atoms with van der Waals surface area (Å²) in [6, 6.07) is 1.95. The van der Waals surface area contributed by atoms with E-state index in [0.29, 0.717) is 6.07 Å². The zero-order valence-corrected chi connectivity index (χ0v) is 10.00. The highest BCUT2D eigenvalue weighted by atomic mass is 19.1. The third kappa shape index (κ3) is 2.88. The molecule has 6 N–H and O–H groups in total. The summed E-state index contributed by atoms with van der Waals surface area (Å²) >= 11 is 0. The average molecular weight is 280 g/mol. The first-order valence-corrected chi connectivity index (χ1v) is 5.38. The number of amidine groups is 1. The number of amides is 2. The Balaban J connectivity index is 2.09. The second-order valence-electron chi connectivity index (χ2n) is 3.78. The lowest BCUT2D eigenvalue weighted by atomic mass is 10.3. The Labute approximate surface area is 111 Å². The predicted molar refractivity (Wildman–Crippen MR) is 68.6 cm³/mol. The average Bonchev–Trinajstić information content (AvgIpc) is 2.81. The van der Waals surface area contributed by atoms with Crippen LogP contribution in [0.4, 0.5) is 25.1 Å². The fourth-order valence-electron chi connectivity index (χ4n) is 1.44. The number of halogens is 2. The van der Waals surface area contributed by atoms with Crippen LogP contribution in [-0.2, 0) is 0 Å². The predicted octanol–water partition coefficient (Wildman–Crippen LogP) is 1.62. The van der Waals surface area contributed by atoms with E-state index < -0.39 is 17.7 Å². The van der Waals surface area contributed by atoms with Gasteiger partial charge in [0.2, 0.25) is 0 Å². The Hall–Kier alpha value is -2.97. The molecule has 2 aromatic rings. The zero-order chi connectivity index (χ0) is 14.7. The molecule has 1 aromatic heterocycles. The maximum atomic E-state index is 13.3. The maximum Gasteiger partial charge on any atom is 0.324 e. The summed E-state index contributed by atoms with van der Waals surface area (Å²) in [6.07, 6.45) is 1.26. The number of hydrogen-bond acceptors (Lipinski definition) is 3. The first-order chi connectivity index (χ1) is 9.47. The van der Waals surface area contributed by atoms with Crippen LogP contribution in [0.2, 0.25) is 0 Å². The van der Waals surface area contributed by atoms with Crippen molar-refractivity contribution in [2.45, 2.75) is 0 Å². The molecule has 0 spiro atoms. The maximum absolute atomic E-state index is 13.3. The number of nitrogen functional groups attached to an aromatic ring is 1. The van der Waals surface area contributed by atoms with Crippen molar-refractivity contribution in [1.29, 1.82) is 5.41 Å². The Morgan fingerprint density at radius 1 is 1.35 bits per heavy atom. The van der Waals surface area contributed by atoms with Crippen LogP contribution in [0.1, 0.15) is 5.56 Å². The normalized spacial score (nSPS) is 10.1.